The number of aliphatic carboxylic acids is 1. The normalized spacial score (nSPS) is 14.6. The number of nitrogens with one attached hydrogen (secondary N) is 1. The van der Waals surface area contributed by atoms with E-state index in [0.717, 1.165) is 0 Å². The van der Waals surface area contributed by atoms with E-state index in [1.807, 2.05) is 6.92 Å². The number of hydrogen-bond acceptors (Lipinski definition) is 6. The maximum absolute atomic E-state index is 12.4. The third-order valence-electron chi connectivity index (χ3n) is 3.66. The minimum absolute atomic E-state index is 0.00145. The van der Waals surface area contributed by atoms with Crippen molar-refractivity contribution in [2.24, 2.45) is 5.41 Å². The highest BCUT2D eigenvalue weighted by Gasteiger charge is 2.29. The molecule has 1 aromatic carbocycles. The van der Waals surface area contributed by atoms with E-state index < -0.39 is 28.0 Å². The molecule has 132 valence electrons. The SMILES string of the molecule is CCc1nc2cc(S(=O)(=O)NCC(C)(CO)CC(=O)O)ccc2o1. The van der Waals surface area contributed by atoms with Gasteiger partial charge in [-0.25, -0.2) is 18.1 Å². The first-order valence-corrected chi connectivity index (χ1v) is 8.89. The lowest BCUT2D eigenvalue weighted by atomic mass is 9.88. The molecule has 8 nitrogen and oxygen atoms in total. The molecule has 1 unspecified atom stereocenters. The molecule has 1 atom stereocenters. The monoisotopic (exact) mass is 356 g/mol. The second kappa shape index (κ2) is 6.88. The van der Waals surface area contributed by atoms with E-state index in [0.29, 0.717) is 23.4 Å². The average molecular weight is 356 g/mol. The van der Waals surface area contributed by atoms with Crippen LogP contribution in [0.4, 0.5) is 0 Å². The van der Waals surface area contributed by atoms with Crippen molar-refractivity contribution >= 4 is 27.1 Å². The molecule has 9 heteroatoms. The molecule has 0 amide bonds. The van der Waals surface area contributed by atoms with E-state index in [1.165, 1.54) is 25.1 Å². The third-order valence-corrected chi connectivity index (χ3v) is 5.06. The van der Waals surface area contributed by atoms with Crippen LogP contribution in [-0.4, -0.2) is 42.7 Å². The van der Waals surface area contributed by atoms with Crippen LogP contribution in [0.2, 0.25) is 0 Å². The molecule has 1 aromatic heterocycles. The van der Waals surface area contributed by atoms with Crippen LogP contribution in [0.15, 0.2) is 27.5 Å². The first-order chi connectivity index (χ1) is 11.2. The van der Waals surface area contributed by atoms with Gasteiger partial charge in [-0.3, -0.25) is 4.79 Å². The van der Waals surface area contributed by atoms with Gasteiger partial charge in [0.1, 0.15) is 5.52 Å². The number of sulfonamides is 1. The zero-order valence-electron chi connectivity index (χ0n) is 13.4. The van der Waals surface area contributed by atoms with Gasteiger partial charge in [0.25, 0.3) is 0 Å². The van der Waals surface area contributed by atoms with Gasteiger partial charge in [0.05, 0.1) is 17.9 Å². The molecule has 0 spiro atoms. The maximum Gasteiger partial charge on any atom is 0.304 e. The summed E-state index contributed by atoms with van der Waals surface area (Å²) >= 11 is 0. The van der Waals surface area contributed by atoms with Crippen molar-refractivity contribution in [1.82, 2.24) is 9.71 Å². The maximum atomic E-state index is 12.4. The number of hydrogen-bond donors (Lipinski definition) is 3. The minimum atomic E-state index is -3.86. The fraction of sp³-hybridized carbons (Fsp3) is 0.467. The first-order valence-electron chi connectivity index (χ1n) is 7.41. The number of rotatable bonds is 8. The van der Waals surface area contributed by atoms with Crippen LogP contribution in [-0.2, 0) is 21.2 Å². The van der Waals surface area contributed by atoms with E-state index in [-0.39, 0.29) is 17.9 Å². The lowest BCUT2D eigenvalue weighted by Gasteiger charge is -2.25. The Hall–Kier alpha value is -1.97. The molecule has 0 aliphatic heterocycles. The molecule has 1 heterocycles. The van der Waals surface area contributed by atoms with Crippen molar-refractivity contribution in [3.63, 3.8) is 0 Å². The topological polar surface area (TPSA) is 130 Å². The van der Waals surface area contributed by atoms with E-state index in [1.54, 1.807) is 0 Å². The molecule has 2 aromatic rings. The Morgan fingerprint density at radius 3 is 2.71 bits per heavy atom. The van der Waals surface area contributed by atoms with E-state index in [4.69, 9.17) is 9.52 Å². The smallest absolute Gasteiger partial charge is 0.304 e. The van der Waals surface area contributed by atoms with Crippen LogP contribution in [0.25, 0.3) is 11.1 Å². The van der Waals surface area contributed by atoms with Crippen molar-refractivity contribution in [2.45, 2.75) is 31.6 Å². The van der Waals surface area contributed by atoms with Gasteiger partial charge in [-0.05, 0) is 18.2 Å². The number of benzene rings is 1. The Balaban J connectivity index is 2.22. The Labute approximate surface area is 139 Å². The highest BCUT2D eigenvalue weighted by Crippen LogP contribution is 2.23. The van der Waals surface area contributed by atoms with Crippen molar-refractivity contribution in [3.8, 4) is 0 Å². The highest BCUT2D eigenvalue weighted by molar-refractivity contribution is 7.89. The van der Waals surface area contributed by atoms with Gasteiger partial charge in [-0.15, -0.1) is 0 Å². The fourth-order valence-electron chi connectivity index (χ4n) is 2.17. The second-order valence-electron chi connectivity index (χ2n) is 5.95. The molecule has 3 N–H and O–H groups in total. The summed E-state index contributed by atoms with van der Waals surface area (Å²) in [5.74, 6) is -0.594. The lowest BCUT2D eigenvalue weighted by molar-refractivity contribution is -0.140. The number of nitrogens with zero attached hydrogens (tertiary/aromatic N) is 1. The van der Waals surface area contributed by atoms with Crippen LogP contribution in [0.3, 0.4) is 0 Å². The van der Waals surface area contributed by atoms with Gasteiger partial charge < -0.3 is 14.6 Å². The van der Waals surface area contributed by atoms with E-state index >= 15 is 0 Å². The van der Waals surface area contributed by atoms with E-state index in [9.17, 15) is 18.3 Å². The molecule has 0 bridgehead atoms. The summed E-state index contributed by atoms with van der Waals surface area (Å²) in [6, 6.07) is 4.31. The Bertz CT molecular complexity index is 845. The van der Waals surface area contributed by atoms with Crippen LogP contribution in [0.5, 0.6) is 0 Å². The molecule has 0 radical (unpaired) electrons. The van der Waals surface area contributed by atoms with Crippen LogP contribution >= 0.6 is 0 Å². The van der Waals surface area contributed by atoms with Gasteiger partial charge in [0.2, 0.25) is 10.0 Å². The van der Waals surface area contributed by atoms with E-state index in [2.05, 4.69) is 9.71 Å². The molecular weight excluding hydrogens is 336 g/mol. The summed E-state index contributed by atoms with van der Waals surface area (Å²) < 4.78 is 32.6. The van der Waals surface area contributed by atoms with Gasteiger partial charge in [0, 0.05) is 18.4 Å². The Morgan fingerprint density at radius 1 is 1.42 bits per heavy atom. The largest absolute Gasteiger partial charge is 0.481 e. The molecule has 0 saturated carbocycles. The minimum Gasteiger partial charge on any atom is -0.481 e. The second-order valence-corrected chi connectivity index (χ2v) is 7.72. The van der Waals surface area contributed by atoms with Gasteiger partial charge in [-0.2, -0.15) is 0 Å². The molecular formula is C15H20N2O6S. The quantitative estimate of drug-likeness (QED) is 0.646. The van der Waals surface area contributed by atoms with Crippen molar-refractivity contribution in [2.75, 3.05) is 13.2 Å². The zero-order chi connectivity index (χ0) is 18.0. The summed E-state index contributed by atoms with van der Waals surface area (Å²) in [4.78, 5) is 15.0. The fourth-order valence-corrected chi connectivity index (χ4v) is 3.38. The number of oxazole rings is 1. The average Bonchev–Trinajstić information content (AvgIpc) is 2.94. The molecule has 0 fully saturated rings. The van der Waals surface area contributed by atoms with Gasteiger partial charge >= 0.3 is 5.97 Å². The van der Waals surface area contributed by atoms with Crippen molar-refractivity contribution in [3.05, 3.63) is 24.1 Å². The molecule has 24 heavy (non-hydrogen) atoms. The number of fused-ring (bicyclic) bond motifs is 1. The van der Waals surface area contributed by atoms with Crippen molar-refractivity contribution in [1.29, 1.82) is 0 Å². The van der Waals surface area contributed by atoms with Gasteiger partial charge in [0.15, 0.2) is 11.5 Å². The summed E-state index contributed by atoms with van der Waals surface area (Å²) in [7, 11) is -3.86. The Kier molecular flexibility index (Phi) is 5.26. The van der Waals surface area contributed by atoms with Crippen LogP contribution in [0, 0.1) is 5.41 Å². The predicted octanol–water partition coefficient (Wildman–Crippen LogP) is 1.14. The zero-order valence-corrected chi connectivity index (χ0v) is 14.3. The highest BCUT2D eigenvalue weighted by atomic mass is 32.2. The third kappa shape index (κ3) is 4.11. The van der Waals surface area contributed by atoms with Crippen LogP contribution in [0.1, 0.15) is 26.2 Å². The molecule has 0 aliphatic rings. The van der Waals surface area contributed by atoms with Gasteiger partial charge in [-0.1, -0.05) is 13.8 Å². The number of aliphatic hydroxyl groups excluding tert-OH is 1. The number of carboxylic acid groups (broad SMARTS) is 1. The first kappa shape index (κ1) is 18.4. The molecule has 0 saturated heterocycles. The summed E-state index contributed by atoms with van der Waals surface area (Å²) in [5, 5.41) is 18.2. The van der Waals surface area contributed by atoms with Crippen molar-refractivity contribution < 1.29 is 27.8 Å². The summed E-state index contributed by atoms with van der Waals surface area (Å²) in [6.45, 7) is 2.72. The summed E-state index contributed by atoms with van der Waals surface area (Å²) in [6.07, 6.45) is 0.243. The van der Waals surface area contributed by atoms with Crippen LogP contribution < -0.4 is 4.72 Å². The standard InChI is InChI=1S/C15H20N2O6S/c1-3-13-17-11-6-10(4-5-12(11)23-13)24(21,22)16-8-15(2,9-18)7-14(19)20/h4-6,16,18H,3,7-9H2,1-2H3,(H,19,20). The number of aryl methyl sites for hydroxylation is 1. The summed E-state index contributed by atoms with van der Waals surface area (Å²) in [5.41, 5.74) is -0.159. The Morgan fingerprint density at radius 2 is 2.12 bits per heavy atom. The molecule has 0 aliphatic carbocycles. The number of aliphatic hydroxyl groups is 1. The number of carboxylic acids is 1. The predicted molar refractivity (Wildman–Crippen MR) is 86.0 cm³/mol. The number of carbonyl (C=O) groups is 1. The number of aromatic nitrogens is 1. The lowest BCUT2D eigenvalue weighted by Crippen LogP contribution is -2.39. The molecule has 2 rings (SSSR count).